The second-order valence-electron chi connectivity index (χ2n) is 4.83. The fourth-order valence-corrected chi connectivity index (χ4v) is 2.60. The molecule has 2 amide bonds. The summed E-state index contributed by atoms with van der Waals surface area (Å²) in [4.78, 5) is 30.4. The molecule has 5 nitrogen and oxygen atoms in total. The maximum atomic E-state index is 12.4. The summed E-state index contributed by atoms with van der Waals surface area (Å²) in [7, 11) is 0. The maximum absolute atomic E-state index is 12.4. The molecule has 1 N–H and O–H groups in total. The molecule has 0 aromatic carbocycles. The number of amides is 2. The van der Waals surface area contributed by atoms with Gasteiger partial charge in [0.05, 0.1) is 12.2 Å². The fraction of sp³-hybridized carbons (Fsp3) is 0.500. The fourth-order valence-electron chi connectivity index (χ4n) is 2.37. The minimum Gasteiger partial charge on any atom is -0.343 e. The van der Waals surface area contributed by atoms with Gasteiger partial charge in [-0.15, -0.1) is 0 Å². The van der Waals surface area contributed by atoms with Gasteiger partial charge in [0, 0.05) is 10.7 Å². The number of halogens is 1. The summed E-state index contributed by atoms with van der Waals surface area (Å²) in [5, 5.41) is 2.78. The highest BCUT2D eigenvalue weighted by Gasteiger charge is 2.38. The molecule has 0 bridgehead atoms. The van der Waals surface area contributed by atoms with Crippen molar-refractivity contribution in [2.24, 2.45) is 0 Å². The molecule has 2 unspecified atom stereocenters. The molecule has 1 aromatic rings. The molecule has 1 aromatic heterocycles. The first-order chi connectivity index (χ1) is 9.56. The Kier molecular flexibility index (Phi) is 4.75. The van der Waals surface area contributed by atoms with Gasteiger partial charge in [0.2, 0.25) is 11.8 Å². The van der Waals surface area contributed by atoms with E-state index < -0.39 is 12.1 Å². The number of rotatable bonds is 4. The van der Waals surface area contributed by atoms with Crippen LogP contribution in [0.1, 0.15) is 32.4 Å². The number of pyridine rings is 1. The van der Waals surface area contributed by atoms with E-state index in [9.17, 15) is 9.59 Å². The van der Waals surface area contributed by atoms with Gasteiger partial charge >= 0.3 is 0 Å². The Labute approximate surface area is 126 Å². The first-order valence-electron chi connectivity index (χ1n) is 6.78. The minimum atomic E-state index is -0.416. The van der Waals surface area contributed by atoms with Crippen LogP contribution in [-0.2, 0) is 16.1 Å². The Bertz CT molecular complexity index is 504. The van der Waals surface area contributed by atoms with Crippen LogP contribution in [0, 0.1) is 0 Å². The van der Waals surface area contributed by atoms with E-state index in [0.717, 1.165) is 10.2 Å². The molecule has 0 aliphatic carbocycles. The lowest BCUT2D eigenvalue weighted by Gasteiger charge is -2.38. The number of piperazine rings is 1. The Morgan fingerprint density at radius 1 is 1.30 bits per heavy atom. The van der Waals surface area contributed by atoms with Gasteiger partial charge in [-0.3, -0.25) is 14.6 Å². The van der Waals surface area contributed by atoms with Gasteiger partial charge < -0.3 is 10.2 Å². The summed E-state index contributed by atoms with van der Waals surface area (Å²) in [5.74, 6) is -0.0975. The van der Waals surface area contributed by atoms with E-state index in [4.69, 9.17) is 0 Å². The molecule has 1 fully saturated rings. The predicted molar refractivity (Wildman–Crippen MR) is 78.8 cm³/mol. The van der Waals surface area contributed by atoms with Gasteiger partial charge in [-0.1, -0.05) is 13.8 Å². The van der Waals surface area contributed by atoms with Gasteiger partial charge in [0.1, 0.15) is 12.1 Å². The highest BCUT2D eigenvalue weighted by atomic mass is 79.9. The van der Waals surface area contributed by atoms with Crippen molar-refractivity contribution in [2.45, 2.75) is 45.3 Å². The second kappa shape index (κ2) is 6.35. The van der Waals surface area contributed by atoms with Crippen LogP contribution in [0.5, 0.6) is 0 Å². The third-order valence-electron chi connectivity index (χ3n) is 3.49. The van der Waals surface area contributed by atoms with Crippen LogP contribution in [0.4, 0.5) is 0 Å². The lowest BCUT2D eigenvalue weighted by Crippen LogP contribution is -2.62. The first-order valence-corrected chi connectivity index (χ1v) is 7.57. The summed E-state index contributed by atoms with van der Waals surface area (Å²) in [6.07, 6.45) is 2.90. The van der Waals surface area contributed by atoms with Crippen LogP contribution in [0.25, 0.3) is 0 Å². The Balaban J connectivity index is 2.22. The average molecular weight is 340 g/mol. The van der Waals surface area contributed by atoms with E-state index in [1.807, 2.05) is 26.0 Å². The monoisotopic (exact) mass is 339 g/mol. The topological polar surface area (TPSA) is 62.3 Å². The van der Waals surface area contributed by atoms with Crippen molar-refractivity contribution in [1.82, 2.24) is 15.2 Å². The SMILES string of the molecule is CCC1NC(=O)C(CC)N(Cc2ccc(Br)cn2)C1=O. The molecule has 108 valence electrons. The van der Waals surface area contributed by atoms with Crippen LogP contribution in [0.15, 0.2) is 22.8 Å². The lowest BCUT2D eigenvalue weighted by atomic mass is 10.0. The van der Waals surface area contributed by atoms with Crippen molar-refractivity contribution in [1.29, 1.82) is 0 Å². The second-order valence-corrected chi connectivity index (χ2v) is 5.74. The third kappa shape index (κ3) is 3.00. The molecule has 2 rings (SSSR count). The molecular weight excluding hydrogens is 322 g/mol. The van der Waals surface area contributed by atoms with Crippen molar-refractivity contribution in [2.75, 3.05) is 0 Å². The Hall–Kier alpha value is -1.43. The average Bonchev–Trinajstić information content (AvgIpc) is 2.45. The summed E-state index contributed by atoms with van der Waals surface area (Å²) >= 11 is 3.33. The number of hydrogen-bond donors (Lipinski definition) is 1. The molecular formula is C14H18BrN3O2. The number of nitrogens with zero attached hydrogens (tertiary/aromatic N) is 2. The zero-order valence-electron chi connectivity index (χ0n) is 11.6. The van der Waals surface area contributed by atoms with Crippen molar-refractivity contribution in [3.63, 3.8) is 0 Å². The minimum absolute atomic E-state index is 0.0244. The van der Waals surface area contributed by atoms with E-state index in [2.05, 4.69) is 26.2 Å². The van der Waals surface area contributed by atoms with Gasteiger partial charge in [0.15, 0.2) is 0 Å². The van der Waals surface area contributed by atoms with E-state index in [-0.39, 0.29) is 11.8 Å². The zero-order chi connectivity index (χ0) is 14.7. The van der Waals surface area contributed by atoms with Crippen LogP contribution >= 0.6 is 15.9 Å². The quantitative estimate of drug-likeness (QED) is 0.910. The standard InChI is InChI=1S/C14H18BrN3O2/c1-3-11-14(20)18(12(4-2)13(19)17-11)8-10-6-5-9(15)7-16-10/h5-7,11-12H,3-4,8H2,1-2H3,(H,17,19). The predicted octanol–water partition coefficient (Wildman–Crippen LogP) is 1.86. The molecule has 1 saturated heterocycles. The summed E-state index contributed by atoms with van der Waals surface area (Å²) in [5.41, 5.74) is 0.782. The lowest BCUT2D eigenvalue weighted by molar-refractivity contribution is -0.150. The number of carbonyl (C=O) groups is 2. The van der Waals surface area contributed by atoms with Crippen LogP contribution in [0.3, 0.4) is 0 Å². The Morgan fingerprint density at radius 2 is 2.05 bits per heavy atom. The van der Waals surface area contributed by atoms with E-state index in [1.165, 1.54) is 0 Å². The summed E-state index contributed by atoms with van der Waals surface area (Å²) in [6, 6.07) is 2.92. The molecule has 2 atom stereocenters. The van der Waals surface area contributed by atoms with Crippen molar-refractivity contribution >= 4 is 27.7 Å². The number of nitrogens with one attached hydrogen (secondary N) is 1. The number of carbonyl (C=O) groups excluding carboxylic acids is 2. The molecule has 2 heterocycles. The van der Waals surface area contributed by atoms with Gasteiger partial charge in [-0.05, 0) is 40.9 Å². The normalized spacial score (nSPS) is 22.9. The number of hydrogen-bond acceptors (Lipinski definition) is 3. The molecule has 20 heavy (non-hydrogen) atoms. The van der Waals surface area contributed by atoms with Gasteiger partial charge in [-0.25, -0.2) is 0 Å². The number of aromatic nitrogens is 1. The smallest absolute Gasteiger partial charge is 0.246 e. The molecule has 1 aliphatic rings. The highest BCUT2D eigenvalue weighted by molar-refractivity contribution is 9.10. The van der Waals surface area contributed by atoms with E-state index in [1.54, 1.807) is 11.1 Å². The van der Waals surface area contributed by atoms with E-state index >= 15 is 0 Å². The van der Waals surface area contributed by atoms with Crippen molar-refractivity contribution in [3.05, 3.63) is 28.5 Å². The largest absolute Gasteiger partial charge is 0.343 e. The molecule has 1 aliphatic heterocycles. The first kappa shape index (κ1) is 15.0. The van der Waals surface area contributed by atoms with Crippen molar-refractivity contribution < 1.29 is 9.59 Å². The van der Waals surface area contributed by atoms with Crippen molar-refractivity contribution in [3.8, 4) is 0 Å². The highest BCUT2D eigenvalue weighted by Crippen LogP contribution is 2.18. The van der Waals surface area contributed by atoms with Crippen LogP contribution in [0.2, 0.25) is 0 Å². The molecule has 0 spiro atoms. The summed E-state index contributed by atoms with van der Waals surface area (Å²) < 4.78 is 0.891. The van der Waals surface area contributed by atoms with Crippen LogP contribution in [-0.4, -0.2) is 33.8 Å². The Morgan fingerprint density at radius 3 is 2.60 bits per heavy atom. The molecule has 6 heteroatoms. The molecule has 0 saturated carbocycles. The van der Waals surface area contributed by atoms with Gasteiger partial charge in [0.25, 0.3) is 0 Å². The third-order valence-corrected chi connectivity index (χ3v) is 3.96. The van der Waals surface area contributed by atoms with Gasteiger partial charge in [-0.2, -0.15) is 0 Å². The summed E-state index contributed by atoms with van der Waals surface area (Å²) in [6.45, 7) is 4.17. The van der Waals surface area contributed by atoms with E-state index in [0.29, 0.717) is 19.4 Å². The molecule has 0 radical (unpaired) electrons. The van der Waals surface area contributed by atoms with Crippen LogP contribution < -0.4 is 5.32 Å². The zero-order valence-corrected chi connectivity index (χ0v) is 13.2. The maximum Gasteiger partial charge on any atom is 0.246 e.